The van der Waals surface area contributed by atoms with Gasteiger partial charge in [-0.15, -0.1) is 22.0 Å². The number of nitrogens with zero attached hydrogens (tertiary/aromatic N) is 2. The molecule has 4 heteroatoms. The van der Waals surface area contributed by atoms with Crippen LogP contribution in [0.4, 0.5) is 5.82 Å². The van der Waals surface area contributed by atoms with Gasteiger partial charge in [0.25, 0.3) is 0 Å². The maximum atomic E-state index is 4.14. The summed E-state index contributed by atoms with van der Waals surface area (Å²) in [5.41, 5.74) is 2.69. The lowest BCUT2D eigenvalue weighted by atomic mass is 10.1. The molecule has 0 aliphatic carbocycles. The molecular weight excluding hydrogens is 242 g/mol. The third kappa shape index (κ3) is 3.23. The molecule has 94 valence electrons. The summed E-state index contributed by atoms with van der Waals surface area (Å²) in [6, 6.07) is 12.4. The lowest BCUT2D eigenvalue weighted by Gasteiger charge is -2.09. The van der Waals surface area contributed by atoms with Crippen LogP contribution in [0.25, 0.3) is 0 Å². The van der Waals surface area contributed by atoms with Crippen molar-refractivity contribution >= 4 is 17.6 Å². The van der Waals surface area contributed by atoms with Gasteiger partial charge in [-0.3, -0.25) is 0 Å². The summed E-state index contributed by atoms with van der Waals surface area (Å²) < 4.78 is 0. The average molecular weight is 259 g/mol. The molecular formula is C14H17N3S. The van der Waals surface area contributed by atoms with Crippen molar-refractivity contribution in [1.29, 1.82) is 0 Å². The molecule has 2 aromatic rings. The van der Waals surface area contributed by atoms with E-state index in [-0.39, 0.29) is 0 Å². The van der Waals surface area contributed by atoms with Gasteiger partial charge in [-0.05, 0) is 35.9 Å². The van der Waals surface area contributed by atoms with Crippen LogP contribution < -0.4 is 5.32 Å². The maximum Gasteiger partial charge on any atom is 0.148 e. The lowest BCUT2D eigenvalue weighted by Crippen LogP contribution is -2.04. The highest BCUT2D eigenvalue weighted by Gasteiger charge is 2.01. The third-order valence-electron chi connectivity index (χ3n) is 2.81. The predicted octanol–water partition coefficient (Wildman–Crippen LogP) is 3.37. The Labute approximate surface area is 112 Å². The summed E-state index contributed by atoms with van der Waals surface area (Å²) in [7, 11) is 0. The fraction of sp³-hybridized carbons (Fsp3) is 0.286. The Morgan fingerprint density at radius 3 is 2.44 bits per heavy atom. The highest BCUT2D eigenvalue weighted by Crippen LogP contribution is 2.14. The van der Waals surface area contributed by atoms with E-state index < -0.39 is 0 Å². The van der Waals surface area contributed by atoms with Gasteiger partial charge in [-0.2, -0.15) is 0 Å². The van der Waals surface area contributed by atoms with Gasteiger partial charge in [-0.1, -0.05) is 31.2 Å². The standard InChI is InChI=1S/C14H17N3S/c1-3-11-6-4-5-7-12(11)10-15-13-8-9-14(18-2)17-16-13/h4-9H,3,10H2,1-2H3,(H,15,16). The smallest absolute Gasteiger partial charge is 0.148 e. The first kappa shape index (κ1) is 12.9. The predicted molar refractivity (Wildman–Crippen MR) is 77.0 cm³/mol. The van der Waals surface area contributed by atoms with Crippen LogP contribution >= 0.6 is 11.8 Å². The normalized spacial score (nSPS) is 10.3. The van der Waals surface area contributed by atoms with E-state index >= 15 is 0 Å². The zero-order chi connectivity index (χ0) is 12.8. The molecule has 3 nitrogen and oxygen atoms in total. The van der Waals surface area contributed by atoms with Crippen molar-refractivity contribution in [1.82, 2.24) is 10.2 Å². The molecule has 0 fully saturated rings. The first-order valence-corrected chi connectivity index (χ1v) is 7.24. The van der Waals surface area contributed by atoms with Crippen molar-refractivity contribution in [2.24, 2.45) is 0 Å². The van der Waals surface area contributed by atoms with Crippen LogP contribution in [0.15, 0.2) is 41.4 Å². The number of rotatable bonds is 5. The van der Waals surface area contributed by atoms with Crippen LogP contribution in [0.1, 0.15) is 18.1 Å². The highest BCUT2D eigenvalue weighted by atomic mass is 32.2. The van der Waals surface area contributed by atoms with Crippen molar-refractivity contribution in [2.75, 3.05) is 11.6 Å². The molecule has 1 aromatic heterocycles. The van der Waals surface area contributed by atoms with Crippen LogP contribution in [0.3, 0.4) is 0 Å². The van der Waals surface area contributed by atoms with Gasteiger partial charge in [0.1, 0.15) is 10.8 Å². The molecule has 0 unspecified atom stereocenters. The second-order valence-corrected chi connectivity index (χ2v) is 4.76. The van der Waals surface area contributed by atoms with Gasteiger partial charge in [0.2, 0.25) is 0 Å². The zero-order valence-electron chi connectivity index (χ0n) is 10.7. The van der Waals surface area contributed by atoms with E-state index in [0.29, 0.717) is 0 Å². The van der Waals surface area contributed by atoms with E-state index in [0.717, 1.165) is 23.8 Å². The summed E-state index contributed by atoms with van der Waals surface area (Å²) in [6.45, 7) is 2.96. The van der Waals surface area contributed by atoms with Gasteiger partial charge in [0.15, 0.2) is 0 Å². The van der Waals surface area contributed by atoms with E-state index in [1.165, 1.54) is 11.1 Å². The SMILES string of the molecule is CCc1ccccc1CNc1ccc(SC)nn1. The summed E-state index contributed by atoms with van der Waals surface area (Å²) in [5.74, 6) is 0.818. The number of aromatic nitrogens is 2. The van der Waals surface area contributed by atoms with Gasteiger partial charge >= 0.3 is 0 Å². The largest absolute Gasteiger partial charge is 0.364 e. The molecule has 1 N–H and O–H groups in total. The number of hydrogen-bond donors (Lipinski definition) is 1. The Bertz CT molecular complexity index is 497. The van der Waals surface area contributed by atoms with Crippen molar-refractivity contribution in [2.45, 2.75) is 24.9 Å². The van der Waals surface area contributed by atoms with Crippen molar-refractivity contribution in [3.63, 3.8) is 0 Å². The number of nitrogens with one attached hydrogen (secondary N) is 1. The van der Waals surface area contributed by atoms with Gasteiger partial charge < -0.3 is 5.32 Å². The van der Waals surface area contributed by atoms with E-state index in [1.54, 1.807) is 11.8 Å². The van der Waals surface area contributed by atoms with E-state index in [2.05, 4.69) is 46.7 Å². The maximum absolute atomic E-state index is 4.14. The minimum absolute atomic E-state index is 0.789. The number of thioether (sulfide) groups is 1. The summed E-state index contributed by atoms with van der Waals surface area (Å²) in [5, 5.41) is 12.5. The van der Waals surface area contributed by atoms with E-state index in [4.69, 9.17) is 0 Å². The number of aryl methyl sites for hydroxylation is 1. The van der Waals surface area contributed by atoms with Gasteiger partial charge in [-0.25, -0.2) is 0 Å². The minimum Gasteiger partial charge on any atom is -0.364 e. The zero-order valence-corrected chi connectivity index (χ0v) is 11.5. The van der Waals surface area contributed by atoms with Crippen LogP contribution in [0.5, 0.6) is 0 Å². The van der Waals surface area contributed by atoms with Crippen LogP contribution in [-0.4, -0.2) is 16.5 Å². The van der Waals surface area contributed by atoms with E-state index in [9.17, 15) is 0 Å². The molecule has 0 saturated heterocycles. The molecule has 0 aliphatic rings. The molecule has 0 radical (unpaired) electrons. The molecule has 0 saturated carbocycles. The first-order chi connectivity index (χ1) is 8.83. The second kappa shape index (κ2) is 6.40. The molecule has 0 atom stereocenters. The quantitative estimate of drug-likeness (QED) is 0.835. The number of hydrogen-bond acceptors (Lipinski definition) is 4. The second-order valence-electron chi connectivity index (χ2n) is 3.94. The Hall–Kier alpha value is -1.55. The van der Waals surface area contributed by atoms with Crippen molar-refractivity contribution in [3.8, 4) is 0 Å². The van der Waals surface area contributed by atoms with Crippen LogP contribution in [-0.2, 0) is 13.0 Å². The van der Waals surface area contributed by atoms with Crippen LogP contribution in [0, 0.1) is 0 Å². The molecule has 18 heavy (non-hydrogen) atoms. The topological polar surface area (TPSA) is 37.8 Å². The Morgan fingerprint density at radius 2 is 1.83 bits per heavy atom. The Kier molecular flexibility index (Phi) is 4.59. The fourth-order valence-corrected chi connectivity index (χ4v) is 2.11. The molecule has 0 amide bonds. The highest BCUT2D eigenvalue weighted by molar-refractivity contribution is 7.98. The third-order valence-corrected chi connectivity index (χ3v) is 3.44. The average Bonchev–Trinajstić information content (AvgIpc) is 2.46. The molecule has 0 aliphatic heterocycles. The number of anilines is 1. The molecule has 1 aromatic carbocycles. The van der Waals surface area contributed by atoms with Crippen LogP contribution in [0.2, 0.25) is 0 Å². The Balaban J connectivity index is 2.02. The molecule has 0 bridgehead atoms. The van der Waals surface area contributed by atoms with Crippen molar-refractivity contribution in [3.05, 3.63) is 47.5 Å². The van der Waals surface area contributed by atoms with E-state index in [1.807, 2.05) is 18.4 Å². The fourth-order valence-electron chi connectivity index (χ4n) is 1.78. The Morgan fingerprint density at radius 1 is 1.06 bits per heavy atom. The van der Waals surface area contributed by atoms with Gasteiger partial charge in [0, 0.05) is 6.54 Å². The molecule has 1 heterocycles. The monoisotopic (exact) mass is 259 g/mol. The molecule has 2 rings (SSSR count). The minimum atomic E-state index is 0.789. The summed E-state index contributed by atoms with van der Waals surface area (Å²) >= 11 is 1.60. The van der Waals surface area contributed by atoms with Gasteiger partial charge in [0.05, 0.1) is 0 Å². The lowest BCUT2D eigenvalue weighted by molar-refractivity contribution is 0.918. The van der Waals surface area contributed by atoms with Crippen molar-refractivity contribution < 1.29 is 0 Å². The number of benzene rings is 1. The summed E-state index contributed by atoms with van der Waals surface area (Å²) in [4.78, 5) is 0. The first-order valence-electron chi connectivity index (χ1n) is 6.02. The molecule has 0 spiro atoms. The summed E-state index contributed by atoms with van der Waals surface area (Å²) in [6.07, 6.45) is 3.05.